The molecule has 0 spiro atoms. The molecule has 1 aliphatic carbocycles. The Morgan fingerprint density at radius 1 is 1.41 bits per heavy atom. The van der Waals surface area contributed by atoms with E-state index in [1.165, 1.54) is 6.07 Å². The Morgan fingerprint density at radius 2 is 2.18 bits per heavy atom. The van der Waals surface area contributed by atoms with Crippen LogP contribution >= 0.6 is 0 Å². The van der Waals surface area contributed by atoms with Crippen molar-refractivity contribution in [3.8, 4) is 0 Å². The number of carbonyl (C=O) groups excluding carboxylic acids is 1. The first-order valence-electron chi connectivity index (χ1n) is 5.48. The highest BCUT2D eigenvalue weighted by Crippen LogP contribution is 2.18. The van der Waals surface area contributed by atoms with Gasteiger partial charge < -0.3 is 10.1 Å². The number of nitrogens with one attached hydrogen (secondary N) is 1. The van der Waals surface area contributed by atoms with Crippen molar-refractivity contribution in [2.45, 2.75) is 25.5 Å². The number of esters is 1. The van der Waals surface area contributed by atoms with Crippen molar-refractivity contribution in [3.05, 3.63) is 35.4 Å². The first-order valence-corrected chi connectivity index (χ1v) is 5.48. The topological polar surface area (TPSA) is 38.3 Å². The molecule has 5 heteroatoms. The van der Waals surface area contributed by atoms with Crippen molar-refractivity contribution in [2.75, 3.05) is 6.54 Å². The smallest absolute Gasteiger partial charge is 0.320 e. The first kappa shape index (κ1) is 12.0. The van der Waals surface area contributed by atoms with Crippen LogP contribution in [0.5, 0.6) is 0 Å². The van der Waals surface area contributed by atoms with E-state index in [1.54, 1.807) is 0 Å². The van der Waals surface area contributed by atoms with E-state index in [-0.39, 0.29) is 18.7 Å². The lowest BCUT2D eigenvalue weighted by Crippen LogP contribution is -2.26. The summed E-state index contributed by atoms with van der Waals surface area (Å²) >= 11 is 0. The Hall–Kier alpha value is -1.49. The molecule has 17 heavy (non-hydrogen) atoms. The highest BCUT2D eigenvalue weighted by atomic mass is 19.1. The summed E-state index contributed by atoms with van der Waals surface area (Å²) in [5.74, 6) is -1.78. The lowest BCUT2D eigenvalue weighted by Gasteiger charge is -2.06. The van der Waals surface area contributed by atoms with E-state index in [0.29, 0.717) is 6.04 Å². The molecule has 92 valence electrons. The lowest BCUT2D eigenvalue weighted by molar-refractivity contribution is -0.143. The standard InChI is InChI=1S/C12H13F2NO2/c13-9-2-1-8(11(14)5-9)7-17-12(16)6-15-10-3-4-10/h1-2,5,10,15H,3-4,6-7H2. The third-order valence-electron chi connectivity index (χ3n) is 2.52. The lowest BCUT2D eigenvalue weighted by atomic mass is 10.2. The summed E-state index contributed by atoms with van der Waals surface area (Å²) in [6, 6.07) is 3.59. The van der Waals surface area contributed by atoms with Crippen LogP contribution in [0.15, 0.2) is 18.2 Å². The molecule has 1 N–H and O–H groups in total. The van der Waals surface area contributed by atoms with Gasteiger partial charge in [0.05, 0.1) is 6.54 Å². The quantitative estimate of drug-likeness (QED) is 0.798. The Balaban J connectivity index is 1.77. The molecule has 0 aromatic heterocycles. The van der Waals surface area contributed by atoms with Crippen molar-refractivity contribution in [2.24, 2.45) is 0 Å². The van der Waals surface area contributed by atoms with Crippen molar-refractivity contribution in [1.82, 2.24) is 5.32 Å². The number of halogens is 2. The second kappa shape index (κ2) is 5.23. The average molecular weight is 241 g/mol. The van der Waals surface area contributed by atoms with Gasteiger partial charge in [0.15, 0.2) is 0 Å². The van der Waals surface area contributed by atoms with Gasteiger partial charge in [0.1, 0.15) is 18.2 Å². The Morgan fingerprint density at radius 3 is 2.82 bits per heavy atom. The van der Waals surface area contributed by atoms with Crippen molar-refractivity contribution >= 4 is 5.97 Å². The van der Waals surface area contributed by atoms with Gasteiger partial charge in [-0.25, -0.2) is 8.78 Å². The zero-order chi connectivity index (χ0) is 12.3. The number of hydrogen-bond acceptors (Lipinski definition) is 3. The fourth-order valence-electron chi connectivity index (χ4n) is 1.36. The molecular formula is C12H13F2NO2. The first-order chi connectivity index (χ1) is 8.15. The van der Waals surface area contributed by atoms with E-state index in [4.69, 9.17) is 4.74 Å². The van der Waals surface area contributed by atoms with Crippen molar-refractivity contribution in [3.63, 3.8) is 0 Å². The maximum atomic E-state index is 13.2. The van der Waals surface area contributed by atoms with Gasteiger partial charge in [0, 0.05) is 17.7 Å². The number of hydrogen-bond donors (Lipinski definition) is 1. The van der Waals surface area contributed by atoms with Crippen LogP contribution in [-0.2, 0) is 16.1 Å². The Labute approximate surface area is 97.8 Å². The molecule has 0 radical (unpaired) electrons. The second-order valence-corrected chi connectivity index (χ2v) is 4.05. The van der Waals surface area contributed by atoms with Crippen LogP contribution in [0.25, 0.3) is 0 Å². The molecule has 0 saturated heterocycles. The van der Waals surface area contributed by atoms with Gasteiger partial charge in [-0.1, -0.05) is 0 Å². The summed E-state index contributed by atoms with van der Waals surface area (Å²) in [4.78, 5) is 11.2. The molecule has 1 aromatic rings. The van der Waals surface area contributed by atoms with Gasteiger partial charge in [-0.2, -0.15) is 0 Å². The van der Waals surface area contributed by atoms with Gasteiger partial charge in [-0.3, -0.25) is 4.79 Å². The Kier molecular flexibility index (Phi) is 3.68. The highest BCUT2D eigenvalue weighted by molar-refractivity contribution is 5.71. The molecule has 0 amide bonds. The summed E-state index contributed by atoms with van der Waals surface area (Å²) in [5.41, 5.74) is 0.172. The Bertz CT molecular complexity index is 419. The minimum absolute atomic E-state index is 0.132. The summed E-state index contributed by atoms with van der Waals surface area (Å²) in [7, 11) is 0. The molecule has 0 unspecified atom stereocenters. The third kappa shape index (κ3) is 3.78. The SMILES string of the molecule is O=C(CNC1CC1)OCc1ccc(F)cc1F. The molecule has 0 heterocycles. The number of carbonyl (C=O) groups is 1. The van der Waals surface area contributed by atoms with E-state index in [1.807, 2.05) is 0 Å². The van der Waals surface area contributed by atoms with Crippen LogP contribution in [0, 0.1) is 11.6 Å². The molecule has 1 aliphatic rings. The molecule has 2 rings (SSSR count). The van der Waals surface area contributed by atoms with Crippen LogP contribution in [0.2, 0.25) is 0 Å². The summed E-state index contributed by atoms with van der Waals surface area (Å²) in [5, 5.41) is 2.99. The van der Waals surface area contributed by atoms with E-state index in [0.717, 1.165) is 25.0 Å². The van der Waals surface area contributed by atoms with Crippen LogP contribution in [0.4, 0.5) is 8.78 Å². The van der Waals surface area contributed by atoms with Crippen LogP contribution in [0.1, 0.15) is 18.4 Å². The van der Waals surface area contributed by atoms with Gasteiger partial charge in [-0.05, 0) is 25.0 Å². The van der Waals surface area contributed by atoms with E-state index in [9.17, 15) is 13.6 Å². The maximum Gasteiger partial charge on any atom is 0.320 e. The van der Waals surface area contributed by atoms with Crippen LogP contribution in [-0.4, -0.2) is 18.6 Å². The minimum Gasteiger partial charge on any atom is -0.460 e. The van der Waals surface area contributed by atoms with E-state index >= 15 is 0 Å². The van der Waals surface area contributed by atoms with E-state index in [2.05, 4.69) is 5.32 Å². The number of benzene rings is 1. The van der Waals surface area contributed by atoms with Crippen molar-refractivity contribution in [1.29, 1.82) is 0 Å². The predicted molar refractivity (Wildman–Crippen MR) is 57.2 cm³/mol. The molecule has 0 bridgehead atoms. The molecule has 1 fully saturated rings. The zero-order valence-electron chi connectivity index (χ0n) is 9.21. The fourth-order valence-corrected chi connectivity index (χ4v) is 1.36. The molecule has 3 nitrogen and oxygen atoms in total. The fraction of sp³-hybridized carbons (Fsp3) is 0.417. The van der Waals surface area contributed by atoms with Gasteiger partial charge in [0.25, 0.3) is 0 Å². The van der Waals surface area contributed by atoms with Gasteiger partial charge >= 0.3 is 5.97 Å². The largest absolute Gasteiger partial charge is 0.460 e. The van der Waals surface area contributed by atoms with Crippen LogP contribution < -0.4 is 5.32 Å². The average Bonchev–Trinajstić information content (AvgIpc) is 3.09. The minimum atomic E-state index is -0.701. The maximum absolute atomic E-state index is 13.2. The van der Waals surface area contributed by atoms with Gasteiger partial charge in [-0.15, -0.1) is 0 Å². The number of ether oxygens (including phenoxy) is 1. The third-order valence-corrected chi connectivity index (χ3v) is 2.52. The molecule has 1 aromatic carbocycles. The molecule has 0 aliphatic heterocycles. The summed E-state index contributed by atoms with van der Waals surface area (Å²) in [6.45, 7) is -0.0369. The molecule has 0 atom stereocenters. The van der Waals surface area contributed by atoms with Crippen molar-refractivity contribution < 1.29 is 18.3 Å². The predicted octanol–water partition coefficient (Wildman–Crippen LogP) is 1.76. The normalized spacial score (nSPS) is 14.7. The summed E-state index contributed by atoms with van der Waals surface area (Å²) < 4.78 is 30.6. The monoisotopic (exact) mass is 241 g/mol. The van der Waals surface area contributed by atoms with Gasteiger partial charge in [0.2, 0.25) is 0 Å². The molecule has 1 saturated carbocycles. The summed E-state index contributed by atoms with van der Waals surface area (Å²) in [6.07, 6.45) is 2.17. The van der Waals surface area contributed by atoms with Crippen LogP contribution in [0.3, 0.4) is 0 Å². The number of rotatable bonds is 5. The zero-order valence-corrected chi connectivity index (χ0v) is 9.21. The second-order valence-electron chi connectivity index (χ2n) is 4.05. The highest BCUT2D eigenvalue weighted by Gasteiger charge is 2.21. The van der Waals surface area contributed by atoms with E-state index < -0.39 is 17.6 Å². The molecular weight excluding hydrogens is 228 g/mol.